The van der Waals surface area contributed by atoms with Gasteiger partial charge in [-0.05, 0) is 12.5 Å². The maximum absolute atomic E-state index is 12.8. The molecular weight excluding hydrogens is 318 g/mol. The Morgan fingerprint density at radius 2 is 2.13 bits per heavy atom. The lowest BCUT2D eigenvalue weighted by Gasteiger charge is -2.38. The zero-order chi connectivity index (χ0) is 15.5. The normalized spacial score (nSPS) is 23.9. The molecule has 2 amide bonds. The van der Waals surface area contributed by atoms with Gasteiger partial charge in [-0.3, -0.25) is 9.59 Å². The number of nitrogens with zero attached hydrogens (tertiary/aromatic N) is 1. The largest absolute Gasteiger partial charge is 0.496 e. The molecule has 3 rings (SSSR count). The molecule has 2 saturated heterocycles. The fraction of sp³-hybridized carbons (Fsp3) is 0.500. The highest BCUT2D eigenvalue weighted by molar-refractivity contribution is 5.91. The number of halogens is 1. The van der Waals surface area contributed by atoms with Crippen LogP contribution in [0.25, 0.3) is 0 Å². The molecule has 2 atom stereocenters. The Kier molecular flexibility index (Phi) is 5.85. The molecular formula is C16H22ClN3O3. The van der Waals surface area contributed by atoms with Gasteiger partial charge in [0.15, 0.2) is 0 Å². The molecule has 2 fully saturated rings. The van der Waals surface area contributed by atoms with Crippen LogP contribution in [0.15, 0.2) is 24.3 Å². The summed E-state index contributed by atoms with van der Waals surface area (Å²) >= 11 is 0. The molecule has 2 aliphatic rings. The predicted molar refractivity (Wildman–Crippen MR) is 88.7 cm³/mol. The van der Waals surface area contributed by atoms with Crippen molar-refractivity contribution in [3.05, 3.63) is 29.8 Å². The van der Waals surface area contributed by atoms with Gasteiger partial charge < -0.3 is 20.3 Å². The Labute approximate surface area is 142 Å². The first-order valence-electron chi connectivity index (χ1n) is 7.64. The van der Waals surface area contributed by atoms with Crippen LogP contribution in [0.3, 0.4) is 0 Å². The minimum absolute atomic E-state index is 0. The van der Waals surface area contributed by atoms with Crippen molar-refractivity contribution in [3.8, 4) is 5.75 Å². The molecule has 2 heterocycles. The lowest BCUT2D eigenvalue weighted by molar-refractivity contribution is -0.137. The van der Waals surface area contributed by atoms with E-state index in [0.29, 0.717) is 25.9 Å². The van der Waals surface area contributed by atoms with Gasteiger partial charge in [-0.2, -0.15) is 0 Å². The summed E-state index contributed by atoms with van der Waals surface area (Å²) in [5, 5.41) is 6.10. The second kappa shape index (κ2) is 7.66. The van der Waals surface area contributed by atoms with Gasteiger partial charge in [0.1, 0.15) is 11.8 Å². The SMILES string of the molecule is COc1ccccc1C1CNCCN1C(=O)[C@H]1CCC(=O)N1.Cl. The highest BCUT2D eigenvalue weighted by atomic mass is 35.5. The number of para-hydroxylation sites is 1. The quantitative estimate of drug-likeness (QED) is 0.857. The molecule has 7 heteroatoms. The molecule has 2 N–H and O–H groups in total. The number of carbonyl (C=O) groups excluding carboxylic acids is 2. The van der Waals surface area contributed by atoms with E-state index in [9.17, 15) is 9.59 Å². The van der Waals surface area contributed by atoms with Crippen molar-refractivity contribution in [3.63, 3.8) is 0 Å². The number of methoxy groups -OCH3 is 1. The summed E-state index contributed by atoms with van der Waals surface area (Å²) in [4.78, 5) is 26.0. The second-order valence-corrected chi connectivity index (χ2v) is 5.65. The standard InChI is InChI=1S/C16H21N3O3.ClH/c1-22-14-5-3-2-4-11(14)13-10-17-8-9-19(13)16(21)12-6-7-15(20)18-12;/h2-5,12-13,17H,6-10H2,1H3,(H,18,20);1H/t12-,13?;/m1./s1. The lowest BCUT2D eigenvalue weighted by Crippen LogP contribution is -2.53. The van der Waals surface area contributed by atoms with Crippen molar-refractivity contribution < 1.29 is 14.3 Å². The molecule has 6 nitrogen and oxygen atoms in total. The number of ether oxygens (including phenoxy) is 1. The number of hydrogen-bond acceptors (Lipinski definition) is 4. The van der Waals surface area contributed by atoms with Crippen LogP contribution >= 0.6 is 12.4 Å². The van der Waals surface area contributed by atoms with Gasteiger partial charge in [-0.25, -0.2) is 0 Å². The molecule has 1 unspecified atom stereocenters. The van der Waals surface area contributed by atoms with Crippen molar-refractivity contribution >= 4 is 24.2 Å². The third-order valence-corrected chi connectivity index (χ3v) is 4.32. The number of benzene rings is 1. The van der Waals surface area contributed by atoms with Crippen molar-refractivity contribution in [1.82, 2.24) is 15.5 Å². The van der Waals surface area contributed by atoms with E-state index in [1.807, 2.05) is 29.2 Å². The summed E-state index contributed by atoms with van der Waals surface area (Å²) in [7, 11) is 1.64. The first kappa shape index (κ1) is 17.6. The van der Waals surface area contributed by atoms with Crippen molar-refractivity contribution in [2.24, 2.45) is 0 Å². The van der Waals surface area contributed by atoms with E-state index >= 15 is 0 Å². The highest BCUT2D eigenvalue weighted by Crippen LogP contribution is 2.31. The van der Waals surface area contributed by atoms with Gasteiger partial charge in [-0.15, -0.1) is 12.4 Å². The summed E-state index contributed by atoms with van der Waals surface area (Å²) in [6, 6.07) is 7.31. The lowest BCUT2D eigenvalue weighted by atomic mass is 10.0. The van der Waals surface area contributed by atoms with Crippen LogP contribution < -0.4 is 15.4 Å². The first-order chi connectivity index (χ1) is 10.7. The molecule has 0 spiro atoms. The number of carbonyl (C=O) groups is 2. The van der Waals surface area contributed by atoms with Crippen molar-refractivity contribution in [1.29, 1.82) is 0 Å². The smallest absolute Gasteiger partial charge is 0.245 e. The van der Waals surface area contributed by atoms with E-state index in [-0.39, 0.29) is 36.3 Å². The third kappa shape index (κ3) is 3.59. The second-order valence-electron chi connectivity index (χ2n) is 5.65. The first-order valence-corrected chi connectivity index (χ1v) is 7.64. The fourth-order valence-electron chi connectivity index (χ4n) is 3.19. The van der Waals surface area contributed by atoms with Gasteiger partial charge in [0.25, 0.3) is 0 Å². The van der Waals surface area contributed by atoms with E-state index in [1.165, 1.54) is 0 Å². The van der Waals surface area contributed by atoms with Crippen LogP contribution in [0.1, 0.15) is 24.4 Å². The summed E-state index contributed by atoms with van der Waals surface area (Å²) < 4.78 is 5.43. The van der Waals surface area contributed by atoms with Gasteiger partial charge in [0.05, 0.1) is 13.2 Å². The minimum atomic E-state index is -0.386. The maximum Gasteiger partial charge on any atom is 0.245 e. The zero-order valence-electron chi connectivity index (χ0n) is 13.1. The summed E-state index contributed by atoms with van der Waals surface area (Å²) in [6.07, 6.45) is 1.02. The van der Waals surface area contributed by atoms with E-state index in [2.05, 4.69) is 10.6 Å². The predicted octanol–water partition coefficient (Wildman–Crippen LogP) is 0.868. The van der Waals surface area contributed by atoms with Crippen LogP contribution in [0.2, 0.25) is 0 Å². The Morgan fingerprint density at radius 3 is 2.83 bits per heavy atom. The van der Waals surface area contributed by atoms with E-state index in [4.69, 9.17) is 4.74 Å². The molecule has 2 aliphatic heterocycles. The molecule has 0 bridgehead atoms. The van der Waals surface area contributed by atoms with E-state index in [1.54, 1.807) is 7.11 Å². The average molecular weight is 340 g/mol. The molecule has 0 saturated carbocycles. The summed E-state index contributed by atoms with van der Waals surface area (Å²) in [5.74, 6) is 0.745. The zero-order valence-corrected chi connectivity index (χ0v) is 13.9. The Balaban J connectivity index is 0.00000192. The highest BCUT2D eigenvalue weighted by Gasteiger charge is 2.36. The van der Waals surface area contributed by atoms with Crippen molar-refractivity contribution in [2.75, 3.05) is 26.7 Å². The van der Waals surface area contributed by atoms with Gasteiger partial charge in [0.2, 0.25) is 11.8 Å². The summed E-state index contributed by atoms with van der Waals surface area (Å²) in [6.45, 7) is 2.08. The molecule has 0 aliphatic carbocycles. The topological polar surface area (TPSA) is 70.7 Å². The Hall–Kier alpha value is -1.79. The number of piperazine rings is 1. The van der Waals surface area contributed by atoms with E-state index < -0.39 is 0 Å². The third-order valence-electron chi connectivity index (χ3n) is 4.32. The van der Waals surface area contributed by atoms with Crippen molar-refractivity contribution in [2.45, 2.75) is 24.9 Å². The molecule has 0 radical (unpaired) electrons. The van der Waals surface area contributed by atoms with Crippen LogP contribution in [-0.2, 0) is 9.59 Å². The average Bonchev–Trinajstić information content (AvgIpc) is 3.00. The van der Waals surface area contributed by atoms with Crippen LogP contribution in [-0.4, -0.2) is 49.5 Å². The number of amides is 2. The monoisotopic (exact) mass is 339 g/mol. The van der Waals surface area contributed by atoms with E-state index in [0.717, 1.165) is 17.9 Å². The Morgan fingerprint density at radius 1 is 1.35 bits per heavy atom. The maximum atomic E-state index is 12.8. The molecule has 0 aromatic heterocycles. The number of rotatable bonds is 3. The molecule has 126 valence electrons. The van der Waals surface area contributed by atoms with Gasteiger partial charge in [0, 0.05) is 31.6 Å². The van der Waals surface area contributed by atoms with Gasteiger partial charge in [-0.1, -0.05) is 18.2 Å². The number of hydrogen-bond donors (Lipinski definition) is 2. The molecule has 1 aromatic rings. The van der Waals surface area contributed by atoms with Crippen LogP contribution in [0.5, 0.6) is 5.75 Å². The van der Waals surface area contributed by atoms with Crippen LogP contribution in [0, 0.1) is 0 Å². The van der Waals surface area contributed by atoms with Crippen LogP contribution in [0.4, 0.5) is 0 Å². The Bertz CT molecular complexity index is 581. The minimum Gasteiger partial charge on any atom is -0.496 e. The molecule has 1 aromatic carbocycles. The number of nitrogens with one attached hydrogen (secondary N) is 2. The molecule has 23 heavy (non-hydrogen) atoms. The van der Waals surface area contributed by atoms with Gasteiger partial charge >= 0.3 is 0 Å². The summed E-state index contributed by atoms with van der Waals surface area (Å²) in [5.41, 5.74) is 0.995. The fourth-order valence-corrected chi connectivity index (χ4v) is 3.19.